The summed E-state index contributed by atoms with van der Waals surface area (Å²) in [7, 11) is 0. The monoisotopic (exact) mass is 639 g/mol. The van der Waals surface area contributed by atoms with Crippen molar-refractivity contribution in [2.75, 3.05) is 4.90 Å². The lowest BCUT2D eigenvalue weighted by Crippen LogP contribution is -2.17. The van der Waals surface area contributed by atoms with E-state index in [0.29, 0.717) is 0 Å². The second kappa shape index (κ2) is 12.1. The molecule has 8 aromatic carbocycles. The molecule has 0 saturated heterocycles. The first-order chi connectivity index (χ1) is 24.6. The number of para-hydroxylation sites is 2. The molecule has 0 radical (unpaired) electrons. The number of benzene rings is 8. The highest BCUT2D eigenvalue weighted by molar-refractivity contribution is 6.02. The third-order valence-corrected chi connectivity index (χ3v) is 10.4. The minimum absolute atomic E-state index is 0.156. The molecular weight excluding hydrogens is 603 g/mol. The van der Waals surface area contributed by atoms with Crippen LogP contribution in [0.15, 0.2) is 188 Å². The molecule has 0 heterocycles. The molecule has 0 unspecified atom stereocenters. The molecule has 0 bridgehead atoms. The smallest absolute Gasteiger partial charge is 0.0540 e. The van der Waals surface area contributed by atoms with Crippen molar-refractivity contribution < 1.29 is 0 Å². The number of hydrogen-bond donors (Lipinski definition) is 0. The molecule has 1 aliphatic carbocycles. The van der Waals surface area contributed by atoms with E-state index in [9.17, 15) is 0 Å². The van der Waals surface area contributed by atoms with Crippen molar-refractivity contribution in [3.8, 4) is 44.5 Å². The summed E-state index contributed by atoms with van der Waals surface area (Å²) in [6.45, 7) is 4.74. The Balaban J connectivity index is 1.24. The van der Waals surface area contributed by atoms with Crippen LogP contribution in [0.4, 0.5) is 17.1 Å². The first-order valence-corrected chi connectivity index (χ1v) is 17.4. The van der Waals surface area contributed by atoms with Gasteiger partial charge in [-0.25, -0.2) is 0 Å². The fourth-order valence-electron chi connectivity index (χ4n) is 8.01. The average Bonchev–Trinajstić information content (AvgIpc) is 3.41. The Morgan fingerprint density at radius 1 is 0.380 bits per heavy atom. The van der Waals surface area contributed by atoms with Gasteiger partial charge in [0, 0.05) is 22.4 Å². The van der Waals surface area contributed by atoms with E-state index in [4.69, 9.17) is 0 Å². The Labute approximate surface area is 294 Å². The van der Waals surface area contributed by atoms with Gasteiger partial charge in [-0.05, 0) is 103 Å². The maximum Gasteiger partial charge on any atom is 0.0540 e. The Morgan fingerprint density at radius 3 is 1.76 bits per heavy atom. The van der Waals surface area contributed by atoms with Crippen LogP contribution in [0.25, 0.3) is 55.3 Å². The summed E-state index contributed by atoms with van der Waals surface area (Å²) in [6, 6.07) is 68.5. The van der Waals surface area contributed by atoms with Crippen molar-refractivity contribution >= 4 is 27.8 Å². The fraction of sp³-hybridized carbons (Fsp3) is 0.0612. The van der Waals surface area contributed by atoms with Gasteiger partial charge >= 0.3 is 0 Å². The van der Waals surface area contributed by atoms with Gasteiger partial charge in [0.05, 0.1) is 5.69 Å². The van der Waals surface area contributed by atoms with Gasteiger partial charge in [0.25, 0.3) is 0 Å². The molecule has 238 valence electrons. The summed E-state index contributed by atoms with van der Waals surface area (Å²) in [4.78, 5) is 2.43. The molecule has 8 aromatic rings. The molecule has 0 spiro atoms. The molecule has 0 N–H and O–H groups in total. The van der Waals surface area contributed by atoms with Gasteiger partial charge in [-0.2, -0.15) is 0 Å². The summed E-state index contributed by atoms with van der Waals surface area (Å²) in [6.07, 6.45) is 0. The van der Waals surface area contributed by atoms with Crippen LogP contribution in [-0.4, -0.2) is 0 Å². The van der Waals surface area contributed by atoms with Crippen molar-refractivity contribution in [3.63, 3.8) is 0 Å². The molecule has 9 rings (SSSR count). The number of fused-ring (bicyclic) bond motifs is 4. The molecule has 1 heteroatoms. The molecule has 0 aromatic heterocycles. The highest BCUT2D eigenvalue weighted by Gasteiger charge is 2.37. The third-order valence-electron chi connectivity index (χ3n) is 10.4. The number of rotatable bonds is 6. The average molecular weight is 640 g/mol. The zero-order valence-corrected chi connectivity index (χ0v) is 28.3. The summed E-state index contributed by atoms with van der Waals surface area (Å²) in [5.74, 6) is 0. The lowest BCUT2D eigenvalue weighted by molar-refractivity contribution is 0.660. The normalized spacial score (nSPS) is 12.8. The van der Waals surface area contributed by atoms with Crippen LogP contribution in [0.3, 0.4) is 0 Å². The highest BCUT2D eigenvalue weighted by atomic mass is 15.1. The van der Waals surface area contributed by atoms with Gasteiger partial charge in [0.15, 0.2) is 0 Å². The quantitative estimate of drug-likeness (QED) is 0.175. The molecular formula is C49H37N. The second-order valence-electron chi connectivity index (χ2n) is 13.7. The zero-order chi connectivity index (χ0) is 33.7. The van der Waals surface area contributed by atoms with Crippen molar-refractivity contribution in [1.82, 2.24) is 0 Å². The minimum Gasteiger partial charge on any atom is -0.310 e. The van der Waals surface area contributed by atoms with E-state index in [2.05, 4.69) is 207 Å². The maximum atomic E-state index is 2.43. The summed E-state index contributed by atoms with van der Waals surface area (Å²) in [5.41, 5.74) is 16.0. The van der Waals surface area contributed by atoms with Crippen molar-refractivity contribution in [2.24, 2.45) is 0 Å². The van der Waals surface area contributed by atoms with Crippen LogP contribution >= 0.6 is 0 Å². The van der Waals surface area contributed by atoms with Crippen LogP contribution in [0.5, 0.6) is 0 Å². The summed E-state index contributed by atoms with van der Waals surface area (Å²) < 4.78 is 0. The molecule has 0 saturated carbocycles. The van der Waals surface area contributed by atoms with Gasteiger partial charge in [-0.15, -0.1) is 0 Å². The van der Waals surface area contributed by atoms with Gasteiger partial charge in [0.1, 0.15) is 0 Å². The molecule has 0 aliphatic heterocycles. The van der Waals surface area contributed by atoms with E-state index in [1.165, 1.54) is 66.4 Å². The van der Waals surface area contributed by atoms with E-state index >= 15 is 0 Å². The maximum absolute atomic E-state index is 2.43. The largest absolute Gasteiger partial charge is 0.310 e. The highest BCUT2D eigenvalue weighted by Crippen LogP contribution is 2.54. The SMILES string of the molecule is CC1(C)c2cc(N(c3ccccc3)c3ccccc3-c3cc(-c4ccccc4)c4ccccc4c3)ccc2-c2c(-c3ccccc3)cccc21. The predicted molar refractivity (Wildman–Crippen MR) is 213 cm³/mol. The Bertz CT molecular complexity index is 2490. The predicted octanol–water partition coefficient (Wildman–Crippen LogP) is 13.6. The number of nitrogens with zero attached hydrogens (tertiary/aromatic N) is 1. The lowest BCUT2D eigenvalue weighted by atomic mass is 9.81. The first-order valence-electron chi connectivity index (χ1n) is 17.4. The Hall–Kier alpha value is -6.18. The van der Waals surface area contributed by atoms with Gasteiger partial charge in [0.2, 0.25) is 0 Å². The van der Waals surface area contributed by atoms with E-state index in [0.717, 1.165) is 17.1 Å². The fourth-order valence-corrected chi connectivity index (χ4v) is 8.01. The van der Waals surface area contributed by atoms with Crippen LogP contribution < -0.4 is 4.90 Å². The van der Waals surface area contributed by atoms with Gasteiger partial charge in [-0.3, -0.25) is 0 Å². The molecule has 50 heavy (non-hydrogen) atoms. The van der Waals surface area contributed by atoms with Gasteiger partial charge < -0.3 is 4.90 Å². The Kier molecular flexibility index (Phi) is 7.21. The molecule has 1 nitrogen and oxygen atoms in total. The topological polar surface area (TPSA) is 3.24 Å². The Morgan fingerprint density at radius 2 is 1.00 bits per heavy atom. The summed E-state index contributed by atoms with van der Waals surface area (Å²) in [5, 5.41) is 2.49. The van der Waals surface area contributed by atoms with Crippen LogP contribution in [0, 0.1) is 0 Å². The van der Waals surface area contributed by atoms with Crippen molar-refractivity contribution in [1.29, 1.82) is 0 Å². The van der Waals surface area contributed by atoms with E-state index < -0.39 is 0 Å². The number of hydrogen-bond acceptors (Lipinski definition) is 1. The zero-order valence-electron chi connectivity index (χ0n) is 28.3. The molecule has 0 amide bonds. The first kappa shape index (κ1) is 29.9. The number of anilines is 3. The minimum atomic E-state index is -0.156. The van der Waals surface area contributed by atoms with E-state index in [1.807, 2.05) is 0 Å². The van der Waals surface area contributed by atoms with E-state index in [-0.39, 0.29) is 5.41 Å². The molecule has 0 fully saturated rings. The third kappa shape index (κ3) is 4.94. The van der Waals surface area contributed by atoms with Crippen molar-refractivity contribution in [2.45, 2.75) is 19.3 Å². The van der Waals surface area contributed by atoms with Gasteiger partial charge in [-0.1, -0.05) is 159 Å². The summed E-state index contributed by atoms with van der Waals surface area (Å²) >= 11 is 0. The lowest BCUT2D eigenvalue weighted by Gasteiger charge is -2.30. The van der Waals surface area contributed by atoms with Crippen LogP contribution in [0.2, 0.25) is 0 Å². The molecule has 1 aliphatic rings. The van der Waals surface area contributed by atoms with Crippen LogP contribution in [0.1, 0.15) is 25.0 Å². The van der Waals surface area contributed by atoms with E-state index in [1.54, 1.807) is 0 Å². The second-order valence-corrected chi connectivity index (χ2v) is 13.7. The van der Waals surface area contributed by atoms with Crippen molar-refractivity contribution in [3.05, 3.63) is 199 Å². The van der Waals surface area contributed by atoms with Crippen LogP contribution in [-0.2, 0) is 5.41 Å². The molecule has 0 atom stereocenters. The standard InChI is InChI=1S/C49H37N/c1-49(2)45-27-16-26-42(34-17-6-3-7-18-34)48(45)43-30-29-39(33-46(43)49)50(38-22-10-5-11-23-38)47-28-15-14-25-41(47)37-31-36-21-12-13-24-40(36)44(32-37)35-19-8-4-9-20-35/h3-33H,1-2H3.